The van der Waals surface area contributed by atoms with Crippen LogP contribution in [0, 0.1) is 6.92 Å². The number of alkyl halides is 1. The molecule has 0 amide bonds. The third-order valence-electron chi connectivity index (χ3n) is 5.89. The molecule has 2 aliphatic rings. The van der Waals surface area contributed by atoms with Gasteiger partial charge >= 0.3 is 0 Å². The summed E-state index contributed by atoms with van der Waals surface area (Å²) in [4.78, 5) is 13.9. The molecular formula is C21H25FN6O2S2. The third kappa shape index (κ3) is 4.33. The Balaban J connectivity index is 1.44. The molecule has 0 aliphatic heterocycles. The quantitative estimate of drug-likeness (QED) is 0.512. The molecule has 2 aromatic heterocycles. The minimum atomic E-state index is -3.31. The average Bonchev–Trinajstić information content (AvgIpc) is 3.37. The van der Waals surface area contributed by atoms with Gasteiger partial charge in [-0.3, -0.25) is 0 Å². The Morgan fingerprint density at radius 2 is 2.09 bits per heavy atom. The number of aryl methyl sites for hydroxylation is 3. The number of sulfonamides is 1. The zero-order valence-corrected chi connectivity index (χ0v) is 19.3. The number of imidazole rings is 1. The van der Waals surface area contributed by atoms with E-state index in [1.54, 1.807) is 0 Å². The van der Waals surface area contributed by atoms with E-state index in [-0.39, 0.29) is 17.6 Å². The summed E-state index contributed by atoms with van der Waals surface area (Å²) in [5, 5.41) is 0.635. The summed E-state index contributed by atoms with van der Waals surface area (Å²) in [7, 11) is -3.31. The maximum Gasteiger partial charge on any atom is 0.211 e. The molecule has 0 saturated heterocycles. The fourth-order valence-corrected chi connectivity index (χ4v) is 6.46. The third-order valence-corrected chi connectivity index (χ3v) is 8.56. The van der Waals surface area contributed by atoms with Crippen LogP contribution in [0.25, 0.3) is 11.2 Å². The number of fused-ring (bicyclic) bond motifs is 2. The number of benzene rings is 1. The summed E-state index contributed by atoms with van der Waals surface area (Å²) in [6.45, 7) is 2.42. The Labute approximate surface area is 190 Å². The smallest absolute Gasteiger partial charge is 0.211 e. The molecule has 1 saturated carbocycles. The summed E-state index contributed by atoms with van der Waals surface area (Å²) >= 11 is 1.42. The highest BCUT2D eigenvalue weighted by Gasteiger charge is 2.27. The highest BCUT2D eigenvalue weighted by molar-refractivity contribution is 7.99. The second-order valence-corrected chi connectivity index (χ2v) is 11.3. The molecule has 1 fully saturated rings. The lowest BCUT2D eigenvalue weighted by Crippen LogP contribution is -2.28. The molecule has 170 valence electrons. The van der Waals surface area contributed by atoms with Crippen LogP contribution >= 0.6 is 11.8 Å². The van der Waals surface area contributed by atoms with Crippen LogP contribution < -0.4 is 10.5 Å². The monoisotopic (exact) mass is 476 g/mol. The van der Waals surface area contributed by atoms with Crippen molar-refractivity contribution >= 4 is 38.8 Å². The molecule has 32 heavy (non-hydrogen) atoms. The van der Waals surface area contributed by atoms with Gasteiger partial charge in [0, 0.05) is 17.5 Å². The molecule has 1 aromatic carbocycles. The van der Waals surface area contributed by atoms with Crippen LogP contribution in [0.3, 0.4) is 0 Å². The van der Waals surface area contributed by atoms with Gasteiger partial charge in [-0.2, -0.15) is 0 Å². The summed E-state index contributed by atoms with van der Waals surface area (Å²) in [5.41, 5.74) is 9.93. The number of hydrogen-bond acceptors (Lipinski definition) is 7. The number of halogens is 1. The number of rotatable bonds is 8. The SMILES string of the molecule is Cc1cc2c(cc1Sc1nc3c(N)ncnc3n1CCCS(=O)(=O)NC1CC1)C(F)CC2. The second-order valence-electron chi connectivity index (χ2n) is 8.47. The molecule has 11 heteroatoms. The van der Waals surface area contributed by atoms with E-state index in [0.29, 0.717) is 35.7 Å². The van der Waals surface area contributed by atoms with Crippen molar-refractivity contribution in [3.05, 3.63) is 35.2 Å². The number of nitrogens with zero attached hydrogens (tertiary/aromatic N) is 4. The maximum absolute atomic E-state index is 14.3. The molecule has 2 heterocycles. The van der Waals surface area contributed by atoms with Gasteiger partial charge < -0.3 is 10.3 Å². The first-order valence-electron chi connectivity index (χ1n) is 10.7. The predicted molar refractivity (Wildman–Crippen MR) is 122 cm³/mol. The van der Waals surface area contributed by atoms with Crippen molar-refractivity contribution < 1.29 is 12.8 Å². The Bertz CT molecular complexity index is 1290. The highest BCUT2D eigenvalue weighted by Crippen LogP contribution is 2.40. The van der Waals surface area contributed by atoms with Crippen LogP contribution in [0.5, 0.6) is 0 Å². The standard InChI is InChI=1S/C21H25FN6O2S2/c1-12-9-13-3-6-16(22)15(13)10-17(12)31-21-26-18-19(23)24-11-25-20(18)28(21)7-2-8-32(29,30)27-14-4-5-14/h9-11,14,16,27H,2-8H2,1H3,(H2,23,24,25). The zero-order valence-electron chi connectivity index (χ0n) is 17.7. The van der Waals surface area contributed by atoms with Gasteiger partial charge in [-0.15, -0.1) is 0 Å². The zero-order chi connectivity index (χ0) is 22.5. The van der Waals surface area contributed by atoms with Gasteiger partial charge in [0.15, 0.2) is 22.1 Å². The van der Waals surface area contributed by atoms with Crippen LogP contribution in [0.1, 0.15) is 48.5 Å². The van der Waals surface area contributed by atoms with Gasteiger partial charge in [0.1, 0.15) is 12.5 Å². The largest absolute Gasteiger partial charge is 0.382 e. The molecule has 5 rings (SSSR count). The van der Waals surface area contributed by atoms with E-state index in [1.165, 1.54) is 18.1 Å². The topological polar surface area (TPSA) is 116 Å². The maximum atomic E-state index is 14.3. The van der Waals surface area contributed by atoms with E-state index >= 15 is 0 Å². The number of nitrogens with one attached hydrogen (secondary N) is 1. The predicted octanol–water partition coefficient (Wildman–Crippen LogP) is 3.30. The first-order valence-corrected chi connectivity index (χ1v) is 13.2. The van der Waals surface area contributed by atoms with Crippen LogP contribution in [0.15, 0.2) is 28.5 Å². The number of aromatic nitrogens is 4. The van der Waals surface area contributed by atoms with Crippen molar-refractivity contribution in [2.75, 3.05) is 11.5 Å². The van der Waals surface area contributed by atoms with Gasteiger partial charge in [-0.25, -0.2) is 32.5 Å². The first-order chi connectivity index (χ1) is 15.3. The lowest BCUT2D eigenvalue weighted by Gasteiger charge is -2.12. The van der Waals surface area contributed by atoms with Crippen LogP contribution in [0.4, 0.5) is 10.2 Å². The summed E-state index contributed by atoms with van der Waals surface area (Å²) in [6, 6.07) is 4.06. The average molecular weight is 477 g/mol. The van der Waals surface area contributed by atoms with E-state index in [0.717, 1.165) is 40.8 Å². The number of anilines is 1. The van der Waals surface area contributed by atoms with Crippen LogP contribution in [0.2, 0.25) is 0 Å². The molecule has 3 N–H and O–H groups in total. The molecule has 1 unspecified atom stereocenters. The minimum absolute atomic E-state index is 0.0231. The normalized spacial score (nSPS) is 18.4. The number of hydrogen-bond donors (Lipinski definition) is 2. The summed E-state index contributed by atoms with van der Waals surface area (Å²) in [6.07, 6.45) is 3.94. The van der Waals surface area contributed by atoms with Gasteiger partial charge in [0.05, 0.1) is 5.75 Å². The first kappa shape index (κ1) is 21.6. The van der Waals surface area contributed by atoms with E-state index in [1.807, 2.05) is 17.6 Å². The highest BCUT2D eigenvalue weighted by atomic mass is 32.2. The molecule has 0 bridgehead atoms. The van der Waals surface area contributed by atoms with Crippen LogP contribution in [-0.2, 0) is 23.0 Å². The fourth-order valence-electron chi connectivity index (χ4n) is 4.06. The Morgan fingerprint density at radius 3 is 2.88 bits per heavy atom. The van der Waals surface area contributed by atoms with Crippen molar-refractivity contribution in [2.45, 2.75) is 67.8 Å². The van der Waals surface area contributed by atoms with E-state index in [2.05, 4.69) is 25.7 Å². The molecule has 2 aliphatic carbocycles. The molecule has 3 aromatic rings. The van der Waals surface area contributed by atoms with Crippen molar-refractivity contribution in [3.8, 4) is 0 Å². The molecule has 0 radical (unpaired) electrons. The fraction of sp³-hybridized carbons (Fsp3) is 0.476. The van der Waals surface area contributed by atoms with Crippen molar-refractivity contribution in [1.82, 2.24) is 24.2 Å². The van der Waals surface area contributed by atoms with Gasteiger partial charge in [0.2, 0.25) is 10.0 Å². The van der Waals surface area contributed by atoms with E-state index in [9.17, 15) is 12.8 Å². The van der Waals surface area contributed by atoms with Crippen LogP contribution in [-0.4, -0.2) is 39.7 Å². The van der Waals surface area contributed by atoms with Gasteiger partial charge in [-0.05, 0) is 61.8 Å². The van der Waals surface area contributed by atoms with Crippen molar-refractivity contribution in [2.24, 2.45) is 0 Å². The van der Waals surface area contributed by atoms with Gasteiger partial charge in [0.25, 0.3) is 0 Å². The minimum Gasteiger partial charge on any atom is -0.382 e. The Kier molecular flexibility index (Phi) is 5.58. The van der Waals surface area contributed by atoms with Crippen molar-refractivity contribution in [3.63, 3.8) is 0 Å². The Hall–Kier alpha value is -2.24. The van der Waals surface area contributed by atoms with E-state index in [4.69, 9.17) is 5.73 Å². The molecule has 1 atom stereocenters. The van der Waals surface area contributed by atoms with Crippen molar-refractivity contribution in [1.29, 1.82) is 0 Å². The number of nitrogen functional groups attached to an aromatic ring is 1. The van der Waals surface area contributed by atoms with E-state index < -0.39 is 16.2 Å². The lowest BCUT2D eigenvalue weighted by atomic mass is 10.1. The summed E-state index contributed by atoms with van der Waals surface area (Å²) < 4.78 is 43.4. The Morgan fingerprint density at radius 1 is 1.28 bits per heavy atom. The second kappa shape index (κ2) is 8.27. The summed E-state index contributed by atoms with van der Waals surface area (Å²) in [5.74, 6) is 0.294. The number of nitrogens with two attached hydrogens (primary N) is 1. The van der Waals surface area contributed by atoms with Gasteiger partial charge in [-0.1, -0.05) is 17.8 Å². The molecule has 0 spiro atoms. The lowest BCUT2D eigenvalue weighted by molar-refractivity contribution is 0.343. The molecular weight excluding hydrogens is 451 g/mol. The molecule has 8 nitrogen and oxygen atoms in total.